The number of rotatable bonds is 10. The van der Waals surface area contributed by atoms with Crippen molar-refractivity contribution in [1.29, 1.82) is 0 Å². The van der Waals surface area contributed by atoms with E-state index in [0.29, 0.717) is 18.0 Å². The van der Waals surface area contributed by atoms with Crippen LogP contribution in [0.5, 0.6) is 5.75 Å². The topological polar surface area (TPSA) is 79.5 Å². The van der Waals surface area contributed by atoms with Crippen LogP contribution in [0.25, 0.3) is 0 Å². The fourth-order valence-electron chi connectivity index (χ4n) is 2.98. The van der Waals surface area contributed by atoms with E-state index in [1.54, 1.807) is 24.3 Å². The number of nitrogens with one attached hydrogen (secondary N) is 3. The average molecular weight is 432 g/mol. The molecule has 3 N–H and O–H groups in total. The van der Waals surface area contributed by atoms with E-state index in [2.05, 4.69) is 28.1 Å². The Bertz CT molecular complexity index is 1040. The summed E-state index contributed by atoms with van der Waals surface area (Å²) >= 11 is 0. The highest BCUT2D eigenvalue weighted by Crippen LogP contribution is 2.18. The molecule has 3 aromatic rings. The molecule has 0 spiro atoms. The molecule has 6 nitrogen and oxygen atoms in total. The Labute approximate surface area is 189 Å². The van der Waals surface area contributed by atoms with Crippen LogP contribution < -0.4 is 20.7 Å². The van der Waals surface area contributed by atoms with Crippen LogP contribution in [0.1, 0.15) is 19.4 Å². The first kappa shape index (κ1) is 22.9. The molecule has 0 saturated heterocycles. The zero-order chi connectivity index (χ0) is 22.8. The second kappa shape index (κ2) is 11.6. The van der Waals surface area contributed by atoms with Crippen LogP contribution in [-0.4, -0.2) is 25.0 Å². The van der Waals surface area contributed by atoms with Gasteiger partial charge in [-0.2, -0.15) is 0 Å². The lowest BCUT2D eigenvalue weighted by Crippen LogP contribution is -2.22. The molecule has 0 radical (unpaired) electrons. The van der Waals surface area contributed by atoms with Crippen LogP contribution in [0.3, 0.4) is 0 Å². The zero-order valence-electron chi connectivity index (χ0n) is 18.4. The van der Waals surface area contributed by atoms with Crippen molar-refractivity contribution in [2.24, 2.45) is 5.92 Å². The zero-order valence-corrected chi connectivity index (χ0v) is 18.4. The molecular formula is C26H29N3O3. The van der Waals surface area contributed by atoms with Crippen molar-refractivity contribution in [2.45, 2.75) is 20.3 Å². The van der Waals surface area contributed by atoms with Gasteiger partial charge in [-0.1, -0.05) is 56.3 Å². The number of hydrogen-bond acceptors (Lipinski definition) is 4. The molecule has 32 heavy (non-hydrogen) atoms. The van der Waals surface area contributed by atoms with Crippen LogP contribution in [0.2, 0.25) is 0 Å². The number of amides is 2. The second-order valence-electron chi connectivity index (χ2n) is 7.74. The van der Waals surface area contributed by atoms with Gasteiger partial charge in [0.1, 0.15) is 5.75 Å². The van der Waals surface area contributed by atoms with Crippen molar-refractivity contribution in [3.63, 3.8) is 0 Å². The van der Waals surface area contributed by atoms with Crippen molar-refractivity contribution >= 4 is 28.9 Å². The van der Waals surface area contributed by atoms with Crippen LogP contribution in [0.4, 0.5) is 17.1 Å². The molecule has 3 aromatic carbocycles. The van der Waals surface area contributed by atoms with Gasteiger partial charge in [0.25, 0.3) is 0 Å². The van der Waals surface area contributed by atoms with Gasteiger partial charge in [-0.15, -0.1) is 0 Å². The first-order valence-corrected chi connectivity index (χ1v) is 10.7. The van der Waals surface area contributed by atoms with Gasteiger partial charge in [-0.05, 0) is 35.9 Å². The van der Waals surface area contributed by atoms with Gasteiger partial charge in [0, 0.05) is 35.5 Å². The highest BCUT2D eigenvalue weighted by molar-refractivity contribution is 5.96. The highest BCUT2D eigenvalue weighted by Gasteiger charge is 2.08. The van der Waals surface area contributed by atoms with Crippen molar-refractivity contribution in [3.05, 3.63) is 84.4 Å². The molecule has 0 unspecified atom stereocenters. The van der Waals surface area contributed by atoms with Gasteiger partial charge in [-0.25, -0.2) is 0 Å². The number of carbonyl (C=O) groups excluding carboxylic acids is 2. The molecule has 6 heteroatoms. The molecule has 3 rings (SSSR count). The minimum Gasteiger partial charge on any atom is -0.493 e. The van der Waals surface area contributed by atoms with Gasteiger partial charge in [-0.3, -0.25) is 9.59 Å². The summed E-state index contributed by atoms with van der Waals surface area (Å²) < 4.78 is 5.84. The van der Waals surface area contributed by atoms with E-state index < -0.39 is 0 Å². The highest BCUT2D eigenvalue weighted by atomic mass is 16.5. The maximum Gasteiger partial charge on any atom is 0.243 e. The van der Waals surface area contributed by atoms with Gasteiger partial charge >= 0.3 is 0 Å². The fraction of sp³-hybridized carbons (Fsp3) is 0.231. The summed E-state index contributed by atoms with van der Waals surface area (Å²) in [5, 5.41) is 8.78. The minimum atomic E-state index is -0.187. The number of carbonyl (C=O) groups is 2. The molecule has 0 aliphatic heterocycles. The lowest BCUT2D eigenvalue weighted by atomic mass is 10.2. The Kier molecular flexibility index (Phi) is 8.26. The average Bonchev–Trinajstić information content (AvgIpc) is 2.79. The molecule has 0 aromatic heterocycles. The first-order valence-electron chi connectivity index (χ1n) is 10.7. The monoisotopic (exact) mass is 431 g/mol. The Balaban J connectivity index is 1.46. The Morgan fingerprint density at radius 1 is 0.812 bits per heavy atom. The Morgan fingerprint density at radius 2 is 1.50 bits per heavy atom. The fourth-order valence-corrected chi connectivity index (χ4v) is 2.98. The van der Waals surface area contributed by atoms with E-state index in [4.69, 9.17) is 4.74 Å². The van der Waals surface area contributed by atoms with Crippen molar-refractivity contribution in [2.75, 3.05) is 29.1 Å². The standard InChI is InChI=1S/C26H29N3O3/c1-19(2)26(31)29-23-12-6-11-22(16-23)28-25(30)18-27-21-10-7-13-24(17-21)32-15-14-20-8-4-3-5-9-20/h3-13,16-17,19,27H,14-15,18H2,1-2H3,(H,28,30)(H,29,31). The number of hydrogen-bond donors (Lipinski definition) is 3. The SMILES string of the molecule is CC(C)C(=O)Nc1cccc(NC(=O)CNc2cccc(OCCc3ccccc3)c2)c1. The van der Waals surface area contributed by atoms with Crippen LogP contribution >= 0.6 is 0 Å². The third-order valence-electron chi connectivity index (χ3n) is 4.73. The normalized spacial score (nSPS) is 10.5. The molecule has 0 aliphatic carbocycles. The smallest absolute Gasteiger partial charge is 0.243 e. The van der Waals surface area contributed by atoms with E-state index in [0.717, 1.165) is 17.9 Å². The lowest BCUT2D eigenvalue weighted by Gasteiger charge is -2.12. The molecular weight excluding hydrogens is 402 g/mol. The Morgan fingerprint density at radius 3 is 2.25 bits per heavy atom. The second-order valence-corrected chi connectivity index (χ2v) is 7.74. The van der Waals surface area contributed by atoms with Crippen molar-refractivity contribution in [1.82, 2.24) is 0 Å². The summed E-state index contributed by atoms with van der Waals surface area (Å²) in [6.07, 6.45) is 0.831. The quantitative estimate of drug-likeness (QED) is 0.424. The predicted octanol–water partition coefficient (Wildman–Crippen LogP) is 4.95. The molecule has 0 fully saturated rings. The van der Waals surface area contributed by atoms with Crippen LogP contribution in [0.15, 0.2) is 78.9 Å². The molecule has 0 atom stereocenters. The van der Waals surface area contributed by atoms with Gasteiger partial charge < -0.3 is 20.7 Å². The largest absolute Gasteiger partial charge is 0.493 e. The van der Waals surface area contributed by atoms with Gasteiger partial charge in [0.2, 0.25) is 11.8 Å². The van der Waals surface area contributed by atoms with Crippen LogP contribution in [0, 0.1) is 5.92 Å². The number of ether oxygens (including phenoxy) is 1. The summed E-state index contributed by atoms with van der Waals surface area (Å²) in [6.45, 7) is 4.35. The van der Waals surface area contributed by atoms with Crippen LogP contribution in [-0.2, 0) is 16.0 Å². The molecule has 0 aliphatic rings. The molecule has 2 amide bonds. The van der Waals surface area contributed by atoms with E-state index >= 15 is 0 Å². The summed E-state index contributed by atoms with van der Waals surface area (Å²) in [5.74, 6) is 0.379. The summed E-state index contributed by atoms with van der Waals surface area (Å²) in [5.41, 5.74) is 3.30. The third-order valence-corrected chi connectivity index (χ3v) is 4.73. The maximum atomic E-state index is 12.3. The third kappa shape index (κ3) is 7.47. The summed E-state index contributed by atoms with van der Waals surface area (Å²) in [7, 11) is 0. The van der Waals surface area contributed by atoms with Gasteiger partial charge in [0.15, 0.2) is 0 Å². The van der Waals surface area contributed by atoms with Crippen molar-refractivity contribution < 1.29 is 14.3 Å². The molecule has 0 saturated carbocycles. The van der Waals surface area contributed by atoms with E-state index in [1.807, 2.05) is 56.3 Å². The number of anilines is 3. The Hall–Kier alpha value is -3.80. The van der Waals surface area contributed by atoms with Crippen molar-refractivity contribution in [3.8, 4) is 5.75 Å². The number of benzene rings is 3. The molecule has 166 valence electrons. The predicted molar refractivity (Wildman–Crippen MR) is 129 cm³/mol. The van der Waals surface area contributed by atoms with E-state index in [1.165, 1.54) is 5.56 Å². The summed E-state index contributed by atoms with van der Waals surface area (Å²) in [6, 6.07) is 24.8. The maximum absolute atomic E-state index is 12.3. The van der Waals surface area contributed by atoms with Gasteiger partial charge in [0.05, 0.1) is 13.2 Å². The minimum absolute atomic E-state index is 0.0685. The first-order chi connectivity index (χ1) is 15.5. The van der Waals surface area contributed by atoms with E-state index in [9.17, 15) is 9.59 Å². The van der Waals surface area contributed by atoms with E-state index in [-0.39, 0.29) is 24.3 Å². The summed E-state index contributed by atoms with van der Waals surface area (Å²) in [4.78, 5) is 24.2. The molecule has 0 heterocycles. The molecule has 0 bridgehead atoms. The lowest BCUT2D eigenvalue weighted by molar-refractivity contribution is -0.119.